The third-order valence-corrected chi connectivity index (χ3v) is 15.2. The van der Waals surface area contributed by atoms with Crippen molar-refractivity contribution in [3.05, 3.63) is 71.3 Å². The average molecular weight is 576 g/mol. The van der Waals surface area contributed by atoms with Gasteiger partial charge in [-0.3, -0.25) is 4.57 Å². The first-order valence-electron chi connectivity index (χ1n) is 14.8. The summed E-state index contributed by atoms with van der Waals surface area (Å²) in [7, 11) is -0.485. The lowest BCUT2D eigenvalue weighted by Gasteiger charge is -2.45. The molecule has 0 saturated carbocycles. The number of ether oxygens (including phenoxy) is 2. The highest BCUT2D eigenvalue weighted by atomic mass is 28.4. The van der Waals surface area contributed by atoms with Gasteiger partial charge in [0.2, 0.25) is 11.8 Å². The van der Waals surface area contributed by atoms with Crippen molar-refractivity contribution in [3.8, 4) is 28.9 Å². The van der Waals surface area contributed by atoms with E-state index in [2.05, 4.69) is 65.8 Å². The Bertz CT molecular complexity index is 1430. The van der Waals surface area contributed by atoms with Gasteiger partial charge in [-0.1, -0.05) is 65.8 Å². The third kappa shape index (κ3) is 4.58. The highest BCUT2D eigenvalue weighted by Gasteiger charge is 2.50. The molecule has 1 aromatic heterocycles. The number of nitrogens with zero attached hydrogens (tertiary/aromatic N) is 1. The largest absolute Gasteiger partial charge is 0.543 e. The first kappa shape index (κ1) is 29.3. The molecule has 2 heterocycles. The van der Waals surface area contributed by atoms with E-state index in [1.54, 1.807) is 7.11 Å². The van der Waals surface area contributed by atoms with Gasteiger partial charge in [0.25, 0.3) is 8.32 Å². The molecule has 0 amide bonds. The third-order valence-electron chi connectivity index (χ3n) is 9.24. The van der Waals surface area contributed by atoms with Gasteiger partial charge in [-0.2, -0.15) is 0 Å². The van der Waals surface area contributed by atoms with Crippen LogP contribution in [0, 0.1) is 0 Å². The van der Waals surface area contributed by atoms with E-state index in [4.69, 9.17) is 13.9 Å². The van der Waals surface area contributed by atoms with E-state index in [-0.39, 0.29) is 23.6 Å². The van der Waals surface area contributed by atoms with E-state index >= 15 is 0 Å². The molecule has 0 saturated heterocycles. The summed E-state index contributed by atoms with van der Waals surface area (Å²) in [6.07, 6.45) is 2.18. The minimum atomic E-state index is -2.15. The summed E-state index contributed by atoms with van der Waals surface area (Å²) in [5, 5.41) is 23.2. The number of aromatic nitrogens is 1. The van der Waals surface area contributed by atoms with Crippen LogP contribution in [-0.4, -0.2) is 42.4 Å². The highest BCUT2D eigenvalue weighted by molar-refractivity contribution is 6.78. The van der Waals surface area contributed by atoms with Crippen molar-refractivity contribution in [1.29, 1.82) is 0 Å². The molecule has 220 valence electrons. The summed E-state index contributed by atoms with van der Waals surface area (Å²) >= 11 is 0. The van der Waals surface area contributed by atoms with E-state index < -0.39 is 13.9 Å². The van der Waals surface area contributed by atoms with Crippen LogP contribution in [0.4, 0.5) is 0 Å². The maximum Gasteiger partial charge on any atom is 0.258 e. The molecular formula is C34H45NO5Si. The van der Waals surface area contributed by atoms with Gasteiger partial charge in [0.1, 0.15) is 17.1 Å². The number of fused-ring (bicyclic) bond motifs is 5. The zero-order valence-corrected chi connectivity index (χ0v) is 26.9. The van der Waals surface area contributed by atoms with Gasteiger partial charge in [0, 0.05) is 35.8 Å². The number of para-hydroxylation sites is 1. The van der Waals surface area contributed by atoms with Crippen molar-refractivity contribution in [3.63, 3.8) is 0 Å². The molecule has 0 bridgehead atoms. The lowest BCUT2D eigenvalue weighted by molar-refractivity contribution is 0.0853. The van der Waals surface area contributed by atoms with Crippen molar-refractivity contribution in [1.82, 2.24) is 4.57 Å². The zero-order valence-electron chi connectivity index (χ0n) is 25.9. The molecular weight excluding hydrogens is 530 g/mol. The van der Waals surface area contributed by atoms with Crippen LogP contribution in [0.2, 0.25) is 16.6 Å². The fraction of sp³-hybridized carbons (Fsp3) is 0.471. The molecule has 3 aromatic rings. The Hall–Kier alpha value is -3.16. The normalized spacial score (nSPS) is 19.5. The lowest BCUT2D eigenvalue weighted by atomic mass is 9.68. The molecule has 5 rings (SSSR count). The summed E-state index contributed by atoms with van der Waals surface area (Å²) in [6.45, 7) is 18.2. The number of rotatable bonds is 8. The second-order valence-electron chi connectivity index (χ2n) is 13.0. The first-order chi connectivity index (χ1) is 19.3. The van der Waals surface area contributed by atoms with Crippen LogP contribution in [0.15, 0.2) is 54.6 Å². The zero-order chi connectivity index (χ0) is 29.9. The van der Waals surface area contributed by atoms with E-state index in [1.165, 1.54) is 4.57 Å². The van der Waals surface area contributed by atoms with Crippen molar-refractivity contribution >= 4 is 13.9 Å². The van der Waals surface area contributed by atoms with E-state index in [0.29, 0.717) is 40.0 Å². The fourth-order valence-electron chi connectivity index (χ4n) is 7.67. The summed E-state index contributed by atoms with van der Waals surface area (Å²) in [5.74, 6) is 1.15. The van der Waals surface area contributed by atoms with Gasteiger partial charge in [-0.25, -0.2) is 0 Å². The number of aromatic hydroxyl groups is 2. The van der Waals surface area contributed by atoms with Crippen LogP contribution in [-0.2, 0) is 4.74 Å². The molecule has 0 spiro atoms. The first-order valence-corrected chi connectivity index (χ1v) is 16.9. The summed E-state index contributed by atoms with van der Waals surface area (Å²) in [6, 6.07) is 15.7. The molecule has 1 aliphatic heterocycles. The molecule has 2 aromatic carbocycles. The van der Waals surface area contributed by atoms with Gasteiger partial charge >= 0.3 is 0 Å². The fourth-order valence-corrected chi connectivity index (χ4v) is 12.9. The van der Waals surface area contributed by atoms with Gasteiger partial charge in [-0.15, -0.1) is 0 Å². The second kappa shape index (κ2) is 10.6. The maximum absolute atomic E-state index is 11.7. The maximum atomic E-state index is 11.7. The Labute approximate surface area is 245 Å². The van der Waals surface area contributed by atoms with Crippen molar-refractivity contribution in [2.24, 2.45) is 0 Å². The van der Waals surface area contributed by atoms with E-state index in [1.807, 2.05) is 44.2 Å². The molecule has 0 unspecified atom stereocenters. The second-order valence-corrected chi connectivity index (χ2v) is 18.4. The molecule has 2 aliphatic rings. The molecule has 1 aliphatic carbocycles. The molecule has 2 atom stereocenters. The van der Waals surface area contributed by atoms with Gasteiger partial charge in [0.15, 0.2) is 0 Å². The van der Waals surface area contributed by atoms with Crippen molar-refractivity contribution < 1.29 is 24.1 Å². The standard InChI is InChI=1S/C34H45NO5Si/c1-20(2)41(21(3)4,22(5)6)40-25-15-16-26-27-17-23(19-38-9)29-30(31(27)34(7,8)39-28(26)18-25)33(37)35(32(29)36)24-13-11-10-12-14-24/h10-18,20-23,31,36-37H,19H2,1-9H3/t23-,31-/m1/s1. The molecule has 0 radical (unpaired) electrons. The van der Waals surface area contributed by atoms with Crippen LogP contribution in [0.5, 0.6) is 23.3 Å². The molecule has 0 fully saturated rings. The Morgan fingerprint density at radius 2 is 1.51 bits per heavy atom. The number of benzene rings is 2. The predicted octanol–water partition coefficient (Wildman–Crippen LogP) is 8.52. The van der Waals surface area contributed by atoms with Gasteiger partial charge < -0.3 is 24.1 Å². The molecule has 7 heteroatoms. The van der Waals surface area contributed by atoms with Gasteiger partial charge in [-0.05, 0) is 60.3 Å². The molecule has 6 nitrogen and oxygen atoms in total. The average Bonchev–Trinajstić information content (AvgIpc) is 3.16. The van der Waals surface area contributed by atoms with Crippen LogP contribution < -0.4 is 9.16 Å². The molecule has 41 heavy (non-hydrogen) atoms. The van der Waals surface area contributed by atoms with Crippen LogP contribution in [0.1, 0.15) is 83.9 Å². The van der Waals surface area contributed by atoms with Crippen LogP contribution in [0.25, 0.3) is 11.3 Å². The number of hydrogen-bond donors (Lipinski definition) is 2. The summed E-state index contributed by atoms with van der Waals surface area (Å²) in [4.78, 5) is 0. The Morgan fingerprint density at radius 3 is 2.10 bits per heavy atom. The van der Waals surface area contributed by atoms with Crippen LogP contribution in [0.3, 0.4) is 0 Å². The van der Waals surface area contributed by atoms with E-state index in [9.17, 15) is 10.2 Å². The Balaban J connectivity index is 1.65. The highest BCUT2D eigenvalue weighted by Crippen LogP contribution is 2.60. The smallest absolute Gasteiger partial charge is 0.258 e. The quantitative estimate of drug-likeness (QED) is 0.263. The number of hydrogen-bond acceptors (Lipinski definition) is 5. The van der Waals surface area contributed by atoms with Crippen molar-refractivity contribution in [2.75, 3.05) is 13.7 Å². The van der Waals surface area contributed by atoms with Crippen molar-refractivity contribution in [2.45, 2.75) is 89.5 Å². The minimum Gasteiger partial charge on any atom is -0.543 e. The topological polar surface area (TPSA) is 73.1 Å². The monoisotopic (exact) mass is 575 g/mol. The van der Waals surface area contributed by atoms with Gasteiger partial charge in [0.05, 0.1) is 18.2 Å². The predicted molar refractivity (Wildman–Crippen MR) is 167 cm³/mol. The minimum absolute atomic E-state index is 0.0297. The lowest BCUT2D eigenvalue weighted by Crippen LogP contribution is -2.50. The summed E-state index contributed by atoms with van der Waals surface area (Å²) in [5.41, 5.74) is 4.77. The number of methoxy groups -OCH3 is 1. The Kier molecular flexibility index (Phi) is 7.58. The Morgan fingerprint density at radius 1 is 0.902 bits per heavy atom. The SMILES string of the molecule is COC[C@H]1C=C2c3ccc(O[Si](C(C)C)(C(C)C)C(C)C)cc3OC(C)(C)[C@H]2c2c1c(O)n(-c1ccccc1)c2O. The van der Waals surface area contributed by atoms with Crippen LogP contribution >= 0.6 is 0 Å². The molecule has 2 N–H and O–H groups in total. The van der Waals surface area contributed by atoms with E-state index in [0.717, 1.165) is 22.6 Å². The summed E-state index contributed by atoms with van der Waals surface area (Å²) < 4.78 is 20.9.